The van der Waals surface area contributed by atoms with Gasteiger partial charge in [0.25, 0.3) is 5.78 Å². The molecule has 0 spiro atoms. The van der Waals surface area contributed by atoms with Crippen LogP contribution in [0.15, 0.2) is 66.7 Å². The molecule has 32 heavy (non-hydrogen) atoms. The fraction of sp³-hybridized carbons (Fsp3) is 0.231. The van der Waals surface area contributed by atoms with Gasteiger partial charge < -0.3 is 9.47 Å². The Labute approximate surface area is 187 Å². The Morgan fingerprint density at radius 3 is 2.34 bits per heavy atom. The van der Waals surface area contributed by atoms with Gasteiger partial charge in [0.05, 0.1) is 38.2 Å². The number of methoxy groups -OCH3 is 2. The number of ketones is 1. The van der Waals surface area contributed by atoms with E-state index in [1.165, 1.54) is 5.56 Å². The molecule has 6 nitrogen and oxygen atoms in total. The highest BCUT2D eigenvalue weighted by Gasteiger charge is 2.39. The lowest BCUT2D eigenvalue weighted by atomic mass is 9.88. The second-order valence-corrected chi connectivity index (χ2v) is 8.00. The van der Waals surface area contributed by atoms with Gasteiger partial charge in [-0.15, -0.1) is 0 Å². The summed E-state index contributed by atoms with van der Waals surface area (Å²) >= 11 is 0. The molecule has 0 unspecified atom stereocenters. The van der Waals surface area contributed by atoms with E-state index in [1.54, 1.807) is 31.3 Å². The van der Waals surface area contributed by atoms with Crippen LogP contribution in [-0.4, -0.2) is 44.0 Å². The van der Waals surface area contributed by atoms with Crippen LogP contribution in [0.4, 0.5) is 5.69 Å². The van der Waals surface area contributed by atoms with Gasteiger partial charge in [0.2, 0.25) is 0 Å². The molecule has 2 heterocycles. The first-order valence-corrected chi connectivity index (χ1v) is 10.6. The summed E-state index contributed by atoms with van der Waals surface area (Å²) in [6.45, 7) is 1.07. The van der Waals surface area contributed by atoms with Crippen LogP contribution in [0.5, 0.6) is 11.5 Å². The minimum Gasteiger partial charge on any atom is -0.493 e. The Morgan fingerprint density at radius 1 is 0.906 bits per heavy atom. The molecule has 0 N–H and O–H groups in total. The van der Waals surface area contributed by atoms with Gasteiger partial charge in [-0.1, -0.05) is 42.5 Å². The summed E-state index contributed by atoms with van der Waals surface area (Å²) in [6.07, 6.45) is 0.802. The lowest BCUT2D eigenvalue weighted by Crippen LogP contribution is -2.45. The predicted octanol–water partition coefficient (Wildman–Crippen LogP) is 3.84. The Kier molecular flexibility index (Phi) is 5.15. The number of anilines is 1. The molecule has 0 radical (unpaired) electrons. The molecule has 0 aliphatic carbocycles. The maximum Gasteiger partial charge on any atom is 0.300 e. The standard InChI is InChI=1S/C26H24N2O4/c1-31-22-14-18-12-13-27(16-28-21-11-7-6-10-19(21)25(29)26(28)30)24(17-8-4-3-5-9-17)20(18)15-23(22)32-2/h3-11,14-15,24H,12-13,16H2,1-2H3/t24-/m1/s1. The molecule has 2 aliphatic rings. The van der Waals surface area contributed by atoms with Crippen molar-refractivity contribution in [3.05, 3.63) is 89.0 Å². The van der Waals surface area contributed by atoms with E-state index in [1.807, 2.05) is 42.5 Å². The highest BCUT2D eigenvalue weighted by Crippen LogP contribution is 2.41. The van der Waals surface area contributed by atoms with E-state index in [9.17, 15) is 9.59 Å². The maximum atomic E-state index is 12.8. The Bertz CT molecular complexity index is 1190. The van der Waals surface area contributed by atoms with Crippen molar-refractivity contribution in [2.75, 3.05) is 32.3 Å². The second-order valence-electron chi connectivity index (χ2n) is 8.00. The first-order chi connectivity index (χ1) is 15.6. The molecule has 1 atom stereocenters. The largest absolute Gasteiger partial charge is 0.493 e. The molecular formula is C26H24N2O4. The summed E-state index contributed by atoms with van der Waals surface area (Å²) in [5, 5.41) is 0. The minimum absolute atomic E-state index is 0.0876. The lowest BCUT2D eigenvalue weighted by molar-refractivity contribution is -0.114. The normalized spacial score (nSPS) is 17.8. The first kappa shape index (κ1) is 20.3. The number of nitrogens with zero attached hydrogens (tertiary/aromatic N) is 2. The van der Waals surface area contributed by atoms with E-state index in [-0.39, 0.29) is 6.04 Å². The van der Waals surface area contributed by atoms with Gasteiger partial charge in [0, 0.05) is 6.54 Å². The third kappa shape index (κ3) is 3.24. The zero-order valence-electron chi connectivity index (χ0n) is 18.1. The summed E-state index contributed by atoms with van der Waals surface area (Å²) in [6, 6.07) is 21.4. The van der Waals surface area contributed by atoms with Gasteiger partial charge in [-0.2, -0.15) is 0 Å². The van der Waals surface area contributed by atoms with Gasteiger partial charge in [-0.25, -0.2) is 0 Å². The zero-order valence-corrected chi connectivity index (χ0v) is 18.1. The molecule has 1 amide bonds. The van der Waals surface area contributed by atoms with Crippen LogP contribution in [0.3, 0.4) is 0 Å². The topological polar surface area (TPSA) is 59.1 Å². The number of para-hydroxylation sites is 1. The average Bonchev–Trinajstić information content (AvgIpc) is 3.08. The lowest BCUT2D eigenvalue weighted by Gasteiger charge is -2.40. The summed E-state index contributed by atoms with van der Waals surface area (Å²) in [5.41, 5.74) is 4.57. The molecule has 0 saturated carbocycles. The van der Waals surface area contributed by atoms with Crippen molar-refractivity contribution in [1.82, 2.24) is 4.90 Å². The number of rotatable bonds is 5. The molecule has 0 saturated heterocycles. The molecule has 0 fully saturated rings. The SMILES string of the molecule is COc1cc2c(cc1OC)[C@@H](c1ccccc1)N(CN1C(=O)C(=O)c3ccccc31)CC2. The molecule has 6 heteroatoms. The van der Waals surface area contributed by atoms with Crippen molar-refractivity contribution in [2.45, 2.75) is 12.5 Å². The summed E-state index contributed by atoms with van der Waals surface area (Å²) in [4.78, 5) is 29.2. The molecule has 162 valence electrons. The Balaban J connectivity index is 1.58. The first-order valence-electron chi connectivity index (χ1n) is 10.6. The monoisotopic (exact) mass is 428 g/mol. The zero-order chi connectivity index (χ0) is 22.2. The second kappa shape index (κ2) is 8.13. The van der Waals surface area contributed by atoms with Crippen molar-refractivity contribution < 1.29 is 19.1 Å². The van der Waals surface area contributed by atoms with Gasteiger partial charge in [0.15, 0.2) is 11.5 Å². The predicted molar refractivity (Wildman–Crippen MR) is 121 cm³/mol. The Hall–Kier alpha value is -3.64. The van der Waals surface area contributed by atoms with E-state index in [4.69, 9.17) is 9.47 Å². The third-order valence-electron chi connectivity index (χ3n) is 6.29. The number of Topliss-reactive ketones (excluding diaryl/α,β-unsaturated/α-hetero) is 1. The van der Waals surface area contributed by atoms with Gasteiger partial charge >= 0.3 is 5.91 Å². The molecular weight excluding hydrogens is 404 g/mol. The van der Waals surface area contributed by atoms with Gasteiger partial charge in [-0.3, -0.25) is 19.4 Å². The number of amides is 1. The highest BCUT2D eigenvalue weighted by atomic mass is 16.5. The number of ether oxygens (including phenoxy) is 2. The molecule has 3 aromatic rings. The number of carbonyl (C=O) groups excluding carboxylic acids is 2. The van der Waals surface area contributed by atoms with Crippen molar-refractivity contribution in [3.63, 3.8) is 0 Å². The smallest absolute Gasteiger partial charge is 0.300 e. The molecule has 0 bridgehead atoms. The van der Waals surface area contributed by atoms with Crippen LogP contribution in [-0.2, 0) is 11.2 Å². The van der Waals surface area contributed by atoms with Crippen molar-refractivity contribution in [2.24, 2.45) is 0 Å². The molecule has 0 aromatic heterocycles. The Morgan fingerprint density at radius 2 is 1.59 bits per heavy atom. The summed E-state index contributed by atoms with van der Waals surface area (Å²) in [7, 11) is 3.27. The van der Waals surface area contributed by atoms with E-state index < -0.39 is 11.7 Å². The summed E-state index contributed by atoms with van der Waals surface area (Å²) in [5.74, 6) is 0.462. The number of fused-ring (bicyclic) bond motifs is 2. The van der Waals surface area contributed by atoms with E-state index in [0.717, 1.165) is 24.1 Å². The van der Waals surface area contributed by atoms with E-state index in [2.05, 4.69) is 17.0 Å². The van der Waals surface area contributed by atoms with Gasteiger partial charge in [-0.05, 0) is 47.4 Å². The number of hydrogen-bond acceptors (Lipinski definition) is 5. The van der Waals surface area contributed by atoms with Crippen molar-refractivity contribution in [3.8, 4) is 11.5 Å². The highest BCUT2D eigenvalue weighted by molar-refractivity contribution is 6.52. The van der Waals surface area contributed by atoms with Crippen molar-refractivity contribution in [1.29, 1.82) is 0 Å². The van der Waals surface area contributed by atoms with Gasteiger partial charge in [0.1, 0.15) is 0 Å². The summed E-state index contributed by atoms with van der Waals surface area (Å²) < 4.78 is 11.1. The van der Waals surface area contributed by atoms with Crippen LogP contribution in [0, 0.1) is 0 Å². The molecule has 3 aromatic carbocycles. The van der Waals surface area contributed by atoms with Crippen molar-refractivity contribution >= 4 is 17.4 Å². The number of carbonyl (C=O) groups is 2. The minimum atomic E-state index is -0.476. The average molecular weight is 428 g/mol. The number of hydrogen-bond donors (Lipinski definition) is 0. The fourth-order valence-electron chi connectivity index (χ4n) is 4.75. The van der Waals surface area contributed by atoms with E-state index >= 15 is 0 Å². The quantitative estimate of drug-likeness (QED) is 0.578. The number of benzene rings is 3. The maximum absolute atomic E-state index is 12.8. The molecule has 5 rings (SSSR count). The third-order valence-corrected chi connectivity index (χ3v) is 6.29. The van der Waals surface area contributed by atoms with Crippen LogP contribution in [0.1, 0.15) is 33.1 Å². The fourth-order valence-corrected chi connectivity index (χ4v) is 4.75. The van der Waals surface area contributed by atoms with Crippen LogP contribution < -0.4 is 14.4 Å². The van der Waals surface area contributed by atoms with Crippen LogP contribution in [0.2, 0.25) is 0 Å². The molecule has 2 aliphatic heterocycles. The van der Waals surface area contributed by atoms with Crippen LogP contribution >= 0.6 is 0 Å². The van der Waals surface area contributed by atoms with Crippen LogP contribution in [0.25, 0.3) is 0 Å². The van der Waals surface area contributed by atoms with E-state index in [0.29, 0.717) is 29.4 Å².